The second-order valence-electron chi connectivity index (χ2n) is 7.32. The zero-order valence-electron chi connectivity index (χ0n) is 16.8. The summed E-state index contributed by atoms with van der Waals surface area (Å²) in [6, 6.07) is 7.78. The zero-order chi connectivity index (χ0) is 19.7. The van der Waals surface area contributed by atoms with E-state index in [9.17, 15) is 4.79 Å². The first kappa shape index (κ1) is 18.9. The Labute approximate surface area is 159 Å². The number of benzene rings is 1. The molecule has 0 spiro atoms. The number of para-hydroxylation sites is 1. The van der Waals surface area contributed by atoms with Crippen molar-refractivity contribution in [2.75, 3.05) is 5.32 Å². The summed E-state index contributed by atoms with van der Waals surface area (Å²) in [5.74, 6) is 0.714. The van der Waals surface area contributed by atoms with E-state index in [1.807, 2.05) is 49.8 Å². The highest BCUT2D eigenvalue weighted by molar-refractivity contribution is 5.95. The van der Waals surface area contributed by atoms with Gasteiger partial charge in [-0.2, -0.15) is 5.10 Å². The Bertz CT molecular complexity index is 970. The van der Waals surface area contributed by atoms with Gasteiger partial charge in [-0.25, -0.2) is 0 Å². The van der Waals surface area contributed by atoms with Crippen LogP contribution < -0.4 is 10.1 Å². The lowest BCUT2D eigenvalue weighted by Crippen LogP contribution is -2.30. The van der Waals surface area contributed by atoms with Crippen molar-refractivity contribution in [3.8, 4) is 5.88 Å². The zero-order valence-corrected chi connectivity index (χ0v) is 16.8. The van der Waals surface area contributed by atoms with Gasteiger partial charge in [0.25, 0.3) is 5.91 Å². The molecule has 0 aliphatic rings. The Morgan fingerprint density at radius 2 is 1.89 bits per heavy atom. The molecule has 3 rings (SSSR count). The molecule has 2 aromatic heterocycles. The maximum atomic E-state index is 12.7. The standard InChI is InChI=1S/C20H27N5O2/c1-12(2)11-25-14(4)18(13(3)22-25)21-19(26)15(5)27-20-16-9-7-8-10-17(16)24(6)23-20/h7-10,12,15H,11H2,1-6H3,(H,21,26)/t15-/m1/s1. The van der Waals surface area contributed by atoms with E-state index in [2.05, 4.69) is 29.4 Å². The minimum Gasteiger partial charge on any atom is -0.463 e. The highest BCUT2D eigenvalue weighted by Gasteiger charge is 2.21. The fourth-order valence-electron chi connectivity index (χ4n) is 3.11. The quantitative estimate of drug-likeness (QED) is 0.722. The van der Waals surface area contributed by atoms with Crippen LogP contribution in [0.3, 0.4) is 0 Å². The highest BCUT2D eigenvalue weighted by atomic mass is 16.5. The van der Waals surface area contributed by atoms with Crippen LogP contribution in [0.15, 0.2) is 24.3 Å². The Morgan fingerprint density at radius 1 is 1.19 bits per heavy atom. The van der Waals surface area contributed by atoms with Gasteiger partial charge in [0.05, 0.1) is 28.0 Å². The predicted molar refractivity (Wildman–Crippen MR) is 106 cm³/mol. The second kappa shape index (κ2) is 7.42. The number of hydrogen-bond acceptors (Lipinski definition) is 4. The molecule has 7 nitrogen and oxygen atoms in total. The fraction of sp³-hybridized carbons (Fsp3) is 0.450. The molecule has 0 aliphatic carbocycles. The Balaban J connectivity index is 1.75. The van der Waals surface area contributed by atoms with E-state index in [1.165, 1.54) is 0 Å². The summed E-state index contributed by atoms with van der Waals surface area (Å²) in [6.07, 6.45) is -0.685. The largest absolute Gasteiger partial charge is 0.463 e. The molecule has 0 saturated heterocycles. The van der Waals surface area contributed by atoms with Crippen LogP contribution in [0.5, 0.6) is 5.88 Å². The van der Waals surface area contributed by atoms with Crippen molar-refractivity contribution in [2.24, 2.45) is 13.0 Å². The van der Waals surface area contributed by atoms with Crippen molar-refractivity contribution in [2.45, 2.75) is 47.3 Å². The monoisotopic (exact) mass is 369 g/mol. The van der Waals surface area contributed by atoms with Gasteiger partial charge in [0.2, 0.25) is 5.88 Å². The van der Waals surface area contributed by atoms with Crippen LogP contribution in [-0.4, -0.2) is 31.6 Å². The number of fused-ring (bicyclic) bond motifs is 1. The molecule has 0 radical (unpaired) electrons. The molecular weight excluding hydrogens is 342 g/mol. The average molecular weight is 369 g/mol. The third-order valence-electron chi connectivity index (χ3n) is 4.55. The smallest absolute Gasteiger partial charge is 0.265 e. The normalized spacial score (nSPS) is 12.6. The van der Waals surface area contributed by atoms with Crippen molar-refractivity contribution < 1.29 is 9.53 Å². The van der Waals surface area contributed by atoms with E-state index in [0.29, 0.717) is 11.8 Å². The topological polar surface area (TPSA) is 74.0 Å². The van der Waals surface area contributed by atoms with Crippen LogP contribution in [0.4, 0.5) is 5.69 Å². The molecule has 2 heterocycles. The summed E-state index contributed by atoms with van der Waals surface area (Å²) < 4.78 is 9.55. The van der Waals surface area contributed by atoms with Gasteiger partial charge < -0.3 is 10.1 Å². The Kier molecular flexibility index (Phi) is 5.21. The summed E-state index contributed by atoms with van der Waals surface area (Å²) >= 11 is 0. The van der Waals surface area contributed by atoms with E-state index < -0.39 is 6.10 Å². The number of rotatable bonds is 6. The number of anilines is 1. The van der Waals surface area contributed by atoms with E-state index in [4.69, 9.17) is 4.74 Å². The minimum absolute atomic E-state index is 0.222. The summed E-state index contributed by atoms with van der Waals surface area (Å²) in [4.78, 5) is 12.7. The molecule has 27 heavy (non-hydrogen) atoms. The lowest BCUT2D eigenvalue weighted by Gasteiger charge is -2.14. The van der Waals surface area contributed by atoms with Crippen LogP contribution in [-0.2, 0) is 18.4 Å². The molecule has 7 heteroatoms. The van der Waals surface area contributed by atoms with Gasteiger partial charge in [-0.3, -0.25) is 14.2 Å². The summed E-state index contributed by atoms with van der Waals surface area (Å²) in [5, 5.41) is 12.8. The highest BCUT2D eigenvalue weighted by Crippen LogP contribution is 2.25. The van der Waals surface area contributed by atoms with Crippen molar-refractivity contribution in [1.29, 1.82) is 0 Å². The van der Waals surface area contributed by atoms with Gasteiger partial charge in [0, 0.05) is 13.6 Å². The number of hydrogen-bond donors (Lipinski definition) is 1. The maximum absolute atomic E-state index is 12.7. The van der Waals surface area contributed by atoms with Crippen LogP contribution in [0.25, 0.3) is 10.9 Å². The first-order valence-corrected chi connectivity index (χ1v) is 9.21. The van der Waals surface area contributed by atoms with Crippen LogP contribution in [0, 0.1) is 19.8 Å². The molecule has 0 bridgehead atoms. The maximum Gasteiger partial charge on any atom is 0.265 e. The van der Waals surface area contributed by atoms with E-state index in [-0.39, 0.29) is 5.91 Å². The summed E-state index contributed by atoms with van der Waals surface area (Å²) in [7, 11) is 1.86. The number of aromatic nitrogens is 4. The van der Waals surface area contributed by atoms with Gasteiger partial charge in [-0.05, 0) is 38.8 Å². The van der Waals surface area contributed by atoms with Gasteiger partial charge in [0.15, 0.2) is 6.10 Å². The number of aryl methyl sites for hydroxylation is 2. The van der Waals surface area contributed by atoms with Crippen molar-refractivity contribution in [1.82, 2.24) is 19.6 Å². The first-order valence-electron chi connectivity index (χ1n) is 9.21. The van der Waals surface area contributed by atoms with E-state index >= 15 is 0 Å². The summed E-state index contributed by atoms with van der Waals surface area (Å²) in [5.41, 5.74) is 3.46. The van der Waals surface area contributed by atoms with Gasteiger partial charge in [-0.15, -0.1) is 5.10 Å². The number of nitrogens with one attached hydrogen (secondary N) is 1. The molecule has 144 valence electrons. The summed E-state index contributed by atoms with van der Waals surface area (Å²) in [6.45, 7) is 10.7. The number of ether oxygens (including phenoxy) is 1. The molecule has 0 unspecified atom stereocenters. The number of nitrogens with zero attached hydrogens (tertiary/aromatic N) is 4. The van der Waals surface area contributed by atoms with Crippen molar-refractivity contribution >= 4 is 22.5 Å². The fourth-order valence-corrected chi connectivity index (χ4v) is 3.11. The predicted octanol–water partition coefficient (Wildman–Crippen LogP) is 3.45. The first-order chi connectivity index (χ1) is 12.8. The number of carbonyl (C=O) groups is 1. The SMILES string of the molecule is Cc1nn(CC(C)C)c(C)c1NC(=O)[C@@H](C)Oc1nn(C)c2ccccc12. The van der Waals surface area contributed by atoms with E-state index in [1.54, 1.807) is 11.6 Å². The van der Waals surface area contributed by atoms with Crippen LogP contribution >= 0.6 is 0 Å². The molecule has 0 fully saturated rings. The number of carbonyl (C=O) groups excluding carboxylic acids is 1. The number of amides is 1. The molecule has 1 atom stereocenters. The van der Waals surface area contributed by atoms with Gasteiger partial charge >= 0.3 is 0 Å². The lowest BCUT2D eigenvalue weighted by atomic mass is 10.2. The Morgan fingerprint density at radius 3 is 2.59 bits per heavy atom. The third-order valence-corrected chi connectivity index (χ3v) is 4.55. The Hall–Kier alpha value is -2.83. The minimum atomic E-state index is -0.685. The molecule has 1 N–H and O–H groups in total. The third kappa shape index (κ3) is 3.82. The second-order valence-corrected chi connectivity index (χ2v) is 7.32. The lowest BCUT2D eigenvalue weighted by molar-refractivity contribution is -0.122. The molecule has 1 amide bonds. The average Bonchev–Trinajstić information content (AvgIpc) is 3.06. The molecule has 3 aromatic rings. The molecular formula is C20H27N5O2. The molecule has 0 aliphatic heterocycles. The van der Waals surface area contributed by atoms with Gasteiger partial charge in [0.1, 0.15) is 0 Å². The van der Waals surface area contributed by atoms with Crippen molar-refractivity contribution in [3.63, 3.8) is 0 Å². The molecule has 1 aromatic carbocycles. The van der Waals surface area contributed by atoms with Crippen molar-refractivity contribution in [3.05, 3.63) is 35.7 Å². The van der Waals surface area contributed by atoms with Gasteiger partial charge in [-0.1, -0.05) is 26.0 Å². The van der Waals surface area contributed by atoms with Crippen LogP contribution in [0.2, 0.25) is 0 Å². The van der Waals surface area contributed by atoms with E-state index in [0.717, 1.165) is 34.5 Å². The molecule has 0 saturated carbocycles. The van der Waals surface area contributed by atoms with Crippen LogP contribution in [0.1, 0.15) is 32.2 Å².